The molecule has 0 radical (unpaired) electrons. The summed E-state index contributed by atoms with van der Waals surface area (Å²) in [6.45, 7) is 17.1. The zero-order valence-electron chi connectivity index (χ0n) is 23.8. The fourth-order valence-electron chi connectivity index (χ4n) is 4.50. The van der Waals surface area contributed by atoms with Gasteiger partial charge in [0.05, 0.1) is 25.9 Å². The predicted octanol–water partition coefficient (Wildman–Crippen LogP) is 6.55. The molecule has 37 heavy (non-hydrogen) atoms. The van der Waals surface area contributed by atoms with Crippen LogP contribution in [0.15, 0.2) is 65.5 Å². The lowest BCUT2D eigenvalue weighted by molar-refractivity contribution is -0.154. The van der Waals surface area contributed by atoms with Crippen LogP contribution in [0.2, 0.25) is 18.1 Å². The fraction of sp³-hybridized carbons (Fsp3) is 0.567. The average Bonchev–Trinajstić information content (AvgIpc) is 3.14. The molecule has 1 spiro atoms. The number of carbonyl (C=O) groups is 1. The molecular weight excluding hydrogens is 484 g/mol. The minimum atomic E-state index is -1.90. The Bertz CT molecular complexity index is 1020. The highest BCUT2D eigenvalue weighted by atomic mass is 28.4. The molecule has 0 bridgehead atoms. The Morgan fingerprint density at radius 2 is 1.89 bits per heavy atom. The molecule has 1 heterocycles. The first-order valence-corrected chi connectivity index (χ1v) is 16.0. The molecule has 3 atom stereocenters. The predicted molar refractivity (Wildman–Crippen MR) is 148 cm³/mol. The minimum Gasteiger partial charge on any atom is -0.467 e. The quantitative estimate of drug-likeness (QED) is 0.140. The zero-order valence-corrected chi connectivity index (χ0v) is 24.8. The summed E-state index contributed by atoms with van der Waals surface area (Å²) < 4.78 is 29.6. The van der Waals surface area contributed by atoms with Crippen molar-refractivity contribution in [3.05, 3.63) is 71.0 Å². The summed E-state index contributed by atoms with van der Waals surface area (Å²) in [5.74, 6) is 0.0661. The minimum absolute atomic E-state index is 0.0548. The molecular formula is C30H44O6Si. The number of carbonyl (C=O) groups excluding carboxylic acids is 1. The highest BCUT2D eigenvalue weighted by Crippen LogP contribution is 2.48. The second-order valence-electron chi connectivity index (χ2n) is 11.8. The molecule has 2 aliphatic rings. The number of hydrogen-bond donors (Lipinski definition) is 0. The van der Waals surface area contributed by atoms with E-state index in [-0.39, 0.29) is 29.6 Å². The van der Waals surface area contributed by atoms with E-state index in [2.05, 4.69) is 72.0 Å². The van der Waals surface area contributed by atoms with Gasteiger partial charge in [0.15, 0.2) is 26.5 Å². The number of ether oxygens (including phenoxy) is 4. The normalized spacial score (nSPS) is 24.6. The highest BCUT2D eigenvalue weighted by Gasteiger charge is 2.53. The monoisotopic (exact) mass is 528 g/mol. The number of rotatable bonds is 11. The van der Waals surface area contributed by atoms with Gasteiger partial charge in [-0.1, -0.05) is 75.8 Å². The van der Waals surface area contributed by atoms with E-state index in [0.717, 1.165) is 11.1 Å². The lowest BCUT2D eigenvalue weighted by Gasteiger charge is -2.42. The van der Waals surface area contributed by atoms with Gasteiger partial charge < -0.3 is 23.4 Å². The molecule has 1 aliphatic carbocycles. The van der Waals surface area contributed by atoms with Crippen molar-refractivity contribution in [2.24, 2.45) is 11.8 Å². The lowest BCUT2D eigenvalue weighted by Crippen LogP contribution is -2.45. The SMILES string of the molecule is COCOC1=CC(=O)O[C@]12C[C@@H](C)C(COCc1ccccc1)=C[C@H]2/C=C(\C)CO[Si](C)(C)C(C)(C)C. The second-order valence-corrected chi connectivity index (χ2v) is 16.6. The van der Waals surface area contributed by atoms with Crippen molar-refractivity contribution in [2.45, 2.75) is 71.4 Å². The van der Waals surface area contributed by atoms with Gasteiger partial charge in [-0.3, -0.25) is 0 Å². The molecule has 1 aromatic rings. The van der Waals surface area contributed by atoms with Crippen molar-refractivity contribution < 1.29 is 28.2 Å². The first-order valence-electron chi connectivity index (χ1n) is 13.1. The molecule has 204 valence electrons. The standard InChI is InChI=1S/C30H44O6Si/c1-22(18-35-37(7,8)29(3,4)5)14-26-15-25(20-33-19-24-12-10-9-11-13-24)23(2)17-30(26)27(34-21-32-6)16-28(31)36-30/h9-16,23,26H,17-21H2,1-8H3/b22-14+/t23-,26-,30+/m1/s1. The van der Waals surface area contributed by atoms with E-state index < -0.39 is 13.9 Å². The number of methoxy groups -OCH3 is 1. The molecule has 0 saturated heterocycles. The smallest absolute Gasteiger partial charge is 0.335 e. The number of hydrogen-bond acceptors (Lipinski definition) is 6. The Hall–Kier alpha value is -2.19. The van der Waals surface area contributed by atoms with Crippen LogP contribution in [0.5, 0.6) is 0 Å². The number of esters is 1. The van der Waals surface area contributed by atoms with Crippen molar-refractivity contribution in [3.63, 3.8) is 0 Å². The third-order valence-corrected chi connectivity index (χ3v) is 12.2. The molecule has 3 rings (SSSR count). The summed E-state index contributed by atoms with van der Waals surface area (Å²) in [5.41, 5.74) is 2.52. The Labute approximate surface area is 223 Å². The molecule has 1 aromatic carbocycles. The van der Waals surface area contributed by atoms with Gasteiger partial charge in [0.25, 0.3) is 0 Å². The van der Waals surface area contributed by atoms with Crippen LogP contribution in [-0.4, -0.2) is 47.0 Å². The molecule has 0 amide bonds. The summed E-state index contributed by atoms with van der Waals surface area (Å²) in [4.78, 5) is 12.5. The Kier molecular flexibility index (Phi) is 9.61. The maximum absolute atomic E-state index is 12.5. The second kappa shape index (κ2) is 12.1. The molecule has 0 saturated carbocycles. The maximum Gasteiger partial charge on any atom is 0.335 e. The van der Waals surface area contributed by atoms with E-state index in [1.54, 1.807) is 7.11 Å². The fourth-order valence-corrected chi connectivity index (χ4v) is 5.52. The van der Waals surface area contributed by atoms with Crippen molar-refractivity contribution in [3.8, 4) is 0 Å². The van der Waals surface area contributed by atoms with Crippen LogP contribution in [0, 0.1) is 11.8 Å². The van der Waals surface area contributed by atoms with Gasteiger partial charge in [-0.25, -0.2) is 4.79 Å². The topological polar surface area (TPSA) is 63.2 Å². The Balaban J connectivity index is 1.86. The van der Waals surface area contributed by atoms with E-state index in [0.29, 0.717) is 32.0 Å². The Morgan fingerprint density at radius 3 is 2.54 bits per heavy atom. The summed E-state index contributed by atoms with van der Waals surface area (Å²) >= 11 is 0. The average molecular weight is 529 g/mol. The van der Waals surface area contributed by atoms with Gasteiger partial charge in [-0.2, -0.15) is 0 Å². The molecule has 0 N–H and O–H groups in total. The van der Waals surface area contributed by atoms with Crippen LogP contribution in [-0.2, 0) is 34.8 Å². The third-order valence-electron chi connectivity index (χ3n) is 7.77. The van der Waals surface area contributed by atoms with E-state index >= 15 is 0 Å². The van der Waals surface area contributed by atoms with Gasteiger partial charge >= 0.3 is 5.97 Å². The molecule has 7 heteroatoms. The van der Waals surface area contributed by atoms with Crippen LogP contribution >= 0.6 is 0 Å². The number of benzene rings is 1. The van der Waals surface area contributed by atoms with Crippen LogP contribution < -0.4 is 0 Å². The van der Waals surface area contributed by atoms with Crippen molar-refractivity contribution in [1.82, 2.24) is 0 Å². The molecule has 6 nitrogen and oxygen atoms in total. The zero-order chi connectivity index (χ0) is 27.3. The van der Waals surface area contributed by atoms with E-state index in [4.69, 9.17) is 23.4 Å². The molecule has 0 unspecified atom stereocenters. The summed E-state index contributed by atoms with van der Waals surface area (Å²) in [6, 6.07) is 10.2. The van der Waals surface area contributed by atoms with Crippen molar-refractivity contribution in [2.75, 3.05) is 27.1 Å². The Morgan fingerprint density at radius 1 is 1.19 bits per heavy atom. The maximum atomic E-state index is 12.5. The largest absolute Gasteiger partial charge is 0.467 e. The van der Waals surface area contributed by atoms with E-state index in [9.17, 15) is 4.79 Å². The van der Waals surface area contributed by atoms with Crippen LogP contribution in [0.1, 0.15) is 46.6 Å². The summed E-state index contributed by atoms with van der Waals surface area (Å²) in [5, 5.41) is 0.128. The first kappa shape index (κ1) is 29.4. The van der Waals surface area contributed by atoms with E-state index in [1.165, 1.54) is 11.6 Å². The van der Waals surface area contributed by atoms with Crippen LogP contribution in [0.4, 0.5) is 0 Å². The lowest BCUT2D eigenvalue weighted by atomic mass is 9.71. The van der Waals surface area contributed by atoms with Gasteiger partial charge in [0, 0.05) is 19.4 Å². The summed E-state index contributed by atoms with van der Waals surface area (Å²) in [6.07, 6.45) is 6.42. The van der Waals surface area contributed by atoms with Gasteiger partial charge in [-0.15, -0.1) is 0 Å². The third kappa shape index (κ3) is 7.22. The van der Waals surface area contributed by atoms with Crippen LogP contribution in [0.25, 0.3) is 0 Å². The summed E-state index contributed by atoms with van der Waals surface area (Å²) in [7, 11) is -0.338. The van der Waals surface area contributed by atoms with Crippen LogP contribution in [0.3, 0.4) is 0 Å². The molecule has 0 aromatic heterocycles. The van der Waals surface area contributed by atoms with Crippen molar-refractivity contribution in [1.29, 1.82) is 0 Å². The highest BCUT2D eigenvalue weighted by molar-refractivity contribution is 6.74. The van der Waals surface area contributed by atoms with Crippen molar-refractivity contribution >= 4 is 14.3 Å². The van der Waals surface area contributed by atoms with E-state index in [1.807, 2.05) is 18.2 Å². The van der Waals surface area contributed by atoms with Gasteiger partial charge in [0.2, 0.25) is 0 Å². The molecule has 1 aliphatic heterocycles. The van der Waals surface area contributed by atoms with Gasteiger partial charge in [0.1, 0.15) is 0 Å². The first-order chi connectivity index (χ1) is 17.4. The molecule has 0 fully saturated rings. The van der Waals surface area contributed by atoms with Gasteiger partial charge in [-0.05, 0) is 42.1 Å².